The van der Waals surface area contributed by atoms with E-state index in [-0.39, 0.29) is 21.8 Å². The molecule has 1 heterocycles. The Bertz CT molecular complexity index is 907. The van der Waals surface area contributed by atoms with Crippen LogP contribution in [0.3, 0.4) is 0 Å². The number of anilines is 1. The van der Waals surface area contributed by atoms with Crippen molar-refractivity contribution in [2.75, 3.05) is 12.4 Å². The van der Waals surface area contributed by atoms with Crippen molar-refractivity contribution >= 4 is 38.6 Å². The summed E-state index contributed by atoms with van der Waals surface area (Å²) in [6.45, 7) is 0. The summed E-state index contributed by atoms with van der Waals surface area (Å²) in [6, 6.07) is 10.9. The smallest absolute Gasteiger partial charge is 0.338 e. The molecule has 0 aliphatic heterocycles. The highest BCUT2D eigenvalue weighted by molar-refractivity contribution is 7.22. The highest BCUT2D eigenvalue weighted by Crippen LogP contribution is 2.28. The molecule has 1 N–H and O–H groups in total. The highest BCUT2D eigenvalue weighted by Gasteiger charge is 2.18. The van der Waals surface area contributed by atoms with Crippen LogP contribution >= 0.6 is 11.3 Å². The van der Waals surface area contributed by atoms with Crippen molar-refractivity contribution in [3.05, 3.63) is 59.4 Å². The van der Waals surface area contributed by atoms with E-state index in [2.05, 4.69) is 15.0 Å². The van der Waals surface area contributed by atoms with Crippen LogP contribution in [0.25, 0.3) is 10.2 Å². The van der Waals surface area contributed by atoms with Crippen LogP contribution in [0.5, 0.6) is 0 Å². The summed E-state index contributed by atoms with van der Waals surface area (Å²) in [5.74, 6) is -1.56. The van der Waals surface area contributed by atoms with Gasteiger partial charge < -0.3 is 4.74 Å². The number of methoxy groups -OCH3 is 1. The first-order valence-corrected chi connectivity index (χ1v) is 7.45. The number of halogens is 1. The molecule has 1 amide bonds. The number of amides is 1. The minimum atomic E-state index is -0.605. The Morgan fingerprint density at radius 1 is 1.13 bits per heavy atom. The van der Waals surface area contributed by atoms with E-state index in [1.165, 1.54) is 25.3 Å². The van der Waals surface area contributed by atoms with Gasteiger partial charge in [0.05, 0.1) is 22.9 Å². The number of hydrogen-bond acceptors (Lipinski definition) is 5. The van der Waals surface area contributed by atoms with Crippen LogP contribution in [0, 0.1) is 5.82 Å². The van der Waals surface area contributed by atoms with E-state index in [0.29, 0.717) is 4.70 Å². The van der Waals surface area contributed by atoms with Gasteiger partial charge in [-0.15, -0.1) is 0 Å². The van der Waals surface area contributed by atoms with E-state index in [1.54, 1.807) is 24.3 Å². The summed E-state index contributed by atoms with van der Waals surface area (Å²) in [4.78, 5) is 28.2. The monoisotopic (exact) mass is 330 g/mol. The standard InChI is InChI=1S/C16H11FN2O3S/c1-22-15(21)10-6-3-2-5-9(10)14(20)19-16-18-13-11(17)7-4-8-12(13)23-16/h2-8H,1H3,(H,18,19,20). The average molecular weight is 330 g/mol. The topological polar surface area (TPSA) is 68.3 Å². The molecule has 5 nitrogen and oxygen atoms in total. The Hall–Kier alpha value is -2.80. The molecule has 0 fully saturated rings. The van der Waals surface area contributed by atoms with Crippen molar-refractivity contribution < 1.29 is 18.7 Å². The Morgan fingerprint density at radius 2 is 1.87 bits per heavy atom. The van der Waals surface area contributed by atoms with E-state index >= 15 is 0 Å². The molecule has 3 aromatic rings. The van der Waals surface area contributed by atoms with E-state index in [1.807, 2.05) is 0 Å². The van der Waals surface area contributed by atoms with Crippen molar-refractivity contribution in [3.8, 4) is 0 Å². The summed E-state index contributed by atoms with van der Waals surface area (Å²) in [6.07, 6.45) is 0. The molecule has 0 saturated carbocycles. The van der Waals surface area contributed by atoms with Gasteiger partial charge in [0.1, 0.15) is 11.3 Å². The maximum absolute atomic E-state index is 13.6. The number of nitrogens with one attached hydrogen (secondary N) is 1. The van der Waals surface area contributed by atoms with Gasteiger partial charge >= 0.3 is 5.97 Å². The minimum absolute atomic E-state index is 0.153. The lowest BCUT2D eigenvalue weighted by Gasteiger charge is -2.06. The lowest BCUT2D eigenvalue weighted by Crippen LogP contribution is -2.16. The van der Waals surface area contributed by atoms with Crippen LogP contribution in [0.1, 0.15) is 20.7 Å². The second-order valence-electron chi connectivity index (χ2n) is 4.60. The highest BCUT2D eigenvalue weighted by atomic mass is 32.1. The molecule has 23 heavy (non-hydrogen) atoms. The van der Waals surface area contributed by atoms with Crippen molar-refractivity contribution in [2.24, 2.45) is 0 Å². The molecule has 0 saturated heterocycles. The number of ether oxygens (including phenoxy) is 1. The third-order valence-electron chi connectivity index (χ3n) is 3.17. The molecular formula is C16H11FN2O3S. The molecule has 116 valence electrons. The normalized spacial score (nSPS) is 10.5. The second kappa shape index (κ2) is 6.13. The van der Waals surface area contributed by atoms with Crippen LogP contribution in [0.4, 0.5) is 9.52 Å². The van der Waals surface area contributed by atoms with Gasteiger partial charge in [0.15, 0.2) is 5.13 Å². The molecule has 0 aliphatic rings. The fourth-order valence-corrected chi connectivity index (χ4v) is 2.98. The molecule has 3 rings (SSSR count). The molecule has 0 radical (unpaired) electrons. The lowest BCUT2D eigenvalue weighted by molar-refractivity contribution is 0.0597. The largest absolute Gasteiger partial charge is 0.465 e. The van der Waals surface area contributed by atoms with Gasteiger partial charge in [0.2, 0.25) is 0 Å². The predicted molar refractivity (Wildman–Crippen MR) is 85.3 cm³/mol. The van der Waals surface area contributed by atoms with Gasteiger partial charge in [-0.05, 0) is 24.3 Å². The molecule has 7 heteroatoms. The third-order valence-corrected chi connectivity index (χ3v) is 4.10. The molecule has 0 unspecified atom stereocenters. The zero-order valence-electron chi connectivity index (χ0n) is 12.0. The van der Waals surface area contributed by atoms with Crippen LogP contribution in [0.2, 0.25) is 0 Å². The second-order valence-corrected chi connectivity index (χ2v) is 5.63. The van der Waals surface area contributed by atoms with Crippen LogP contribution in [0.15, 0.2) is 42.5 Å². The maximum atomic E-state index is 13.6. The first kappa shape index (κ1) is 15.1. The quantitative estimate of drug-likeness (QED) is 0.747. The van der Waals surface area contributed by atoms with Gasteiger partial charge in [0, 0.05) is 0 Å². The fraction of sp³-hybridized carbons (Fsp3) is 0.0625. The van der Waals surface area contributed by atoms with Crippen molar-refractivity contribution in [1.29, 1.82) is 0 Å². The lowest BCUT2D eigenvalue weighted by atomic mass is 10.1. The summed E-state index contributed by atoms with van der Waals surface area (Å²) in [5, 5.41) is 2.85. The number of fused-ring (bicyclic) bond motifs is 1. The number of esters is 1. The van der Waals surface area contributed by atoms with Gasteiger partial charge in [0.25, 0.3) is 5.91 Å². The zero-order valence-corrected chi connectivity index (χ0v) is 12.8. The molecule has 0 atom stereocenters. The number of para-hydroxylation sites is 1. The first-order chi connectivity index (χ1) is 11.1. The van der Waals surface area contributed by atoms with Gasteiger partial charge in [-0.3, -0.25) is 10.1 Å². The summed E-state index contributed by atoms with van der Waals surface area (Å²) < 4.78 is 18.9. The van der Waals surface area contributed by atoms with Gasteiger partial charge in [-0.25, -0.2) is 14.2 Å². The SMILES string of the molecule is COC(=O)c1ccccc1C(=O)Nc1nc2c(F)cccc2s1. The number of nitrogens with zero attached hydrogens (tertiary/aromatic N) is 1. The molecule has 0 bridgehead atoms. The van der Waals surface area contributed by atoms with Crippen LogP contribution in [-0.4, -0.2) is 24.0 Å². The van der Waals surface area contributed by atoms with Gasteiger partial charge in [-0.1, -0.05) is 29.5 Å². The summed E-state index contributed by atoms with van der Waals surface area (Å²) in [5.41, 5.74) is 0.521. The molecule has 2 aromatic carbocycles. The number of carbonyl (C=O) groups is 2. The van der Waals surface area contributed by atoms with Crippen LogP contribution < -0.4 is 5.32 Å². The maximum Gasteiger partial charge on any atom is 0.338 e. The molecule has 0 aliphatic carbocycles. The Balaban J connectivity index is 1.92. The minimum Gasteiger partial charge on any atom is -0.465 e. The number of thiazole rings is 1. The first-order valence-electron chi connectivity index (χ1n) is 6.64. The Kier molecular flexibility index (Phi) is 4.03. The van der Waals surface area contributed by atoms with Gasteiger partial charge in [-0.2, -0.15) is 0 Å². The predicted octanol–water partition coefficient (Wildman–Crippen LogP) is 3.47. The van der Waals surface area contributed by atoms with Crippen LogP contribution in [-0.2, 0) is 4.74 Å². The van der Waals surface area contributed by atoms with E-state index in [0.717, 1.165) is 11.3 Å². The molecule has 0 spiro atoms. The number of rotatable bonds is 3. The molecule has 1 aromatic heterocycles. The fourth-order valence-electron chi connectivity index (χ4n) is 2.10. The Labute approximate surface area is 134 Å². The zero-order chi connectivity index (χ0) is 16.4. The Morgan fingerprint density at radius 3 is 2.57 bits per heavy atom. The average Bonchev–Trinajstić information content (AvgIpc) is 2.98. The van der Waals surface area contributed by atoms with Crippen molar-refractivity contribution in [1.82, 2.24) is 4.98 Å². The third kappa shape index (κ3) is 2.91. The van der Waals surface area contributed by atoms with Crippen molar-refractivity contribution in [2.45, 2.75) is 0 Å². The van der Waals surface area contributed by atoms with E-state index < -0.39 is 17.7 Å². The van der Waals surface area contributed by atoms with Crippen molar-refractivity contribution in [3.63, 3.8) is 0 Å². The summed E-state index contributed by atoms with van der Waals surface area (Å²) >= 11 is 1.16. The summed E-state index contributed by atoms with van der Waals surface area (Å²) in [7, 11) is 1.24. The van der Waals surface area contributed by atoms with E-state index in [9.17, 15) is 14.0 Å². The number of carbonyl (C=O) groups excluding carboxylic acids is 2. The number of aromatic nitrogens is 1. The van der Waals surface area contributed by atoms with E-state index in [4.69, 9.17) is 0 Å². The number of hydrogen-bond donors (Lipinski definition) is 1. The molecular weight excluding hydrogens is 319 g/mol. The number of benzene rings is 2.